The molecule has 1 aliphatic rings. The molecule has 2 N–H and O–H groups in total. The van der Waals surface area contributed by atoms with E-state index in [-0.39, 0.29) is 42.5 Å². The van der Waals surface area contributed by atoms with Crippen molar-refractivity contribution in [3.63, 3.8) is 0 Å². The summed E-state index contributed by atoms with van der Waals surface area (Å²) >= 11 is 0. The highest BCUT2D eigenvalue weighted by atomic mass is 32.2. The summed E-state index contributed by atoms with van der Waals surface area (Å²) in [5.41, 5.74) is 1.98. The van der Waals surface area contributed by atoms with E-state index < -0.39 is 27.6 Å². The Morgan fingerprint density at radius 1 is 0.973 bits per heavy atom. The molecule has 3 aromatic rings. The monoisotopic (exact) mass is 530 g/mol. The quantitative estimate of drug-likeness (QED) is 0.486. The number of rotatable bonds is 7. The van der Waals surface area contributed by atoms with Gasteiger partial charge in [0.2, 0.25) is 0 Å². The van der Waals surface area contributed by atoms with E-state index in [1.54, 1.807) is 28.0 Å². The van der Waals surface area contributed by atoms with Crippen LogP contribution in [0.1, 0.15) is 28.4 Å². The number of halogens is 2. The van der Waals surface area contributed by atoms with Crippen LogP contribution in [0.5, 0.6) is 0 Å². The number of hydrogen-bond donors (Lipinski definition) is 2. The highest BCUT2D eigenvalue weighted by Gasteiger charge is 2.27. The average Bonchev–Trinajstić information content (AvgIpc) is 2.88. The number of sulfone groups is 1. The van der Waals surface area contributed by atoms with Gasteiger partial charge in [-0.3, -0.25) is 4.79 Å². The molecule has 0 aromatic heterocycles. The third-order valence-corrected chi connectivity index (χ3v) is 7.58. The van der Waals surface area contributed by atoms with Gasteiger partial charge in [-0.2, -0.15) is 0 Å². The fourth-order valence-electron chi connectivity index (χ4n) is 4.41. The van der Waals surface area contributed by atoms with Crippen molar-refractivity contribution in [3.05, 3.63) is 83.4 Å². The molecule has 3 aromatic carbocycles. The van der Waals surface area contributed by atoms with Gasteiger partial charge >= 0.3 is 0 Å². The first-order valence-corrected chi connectivity index (χ1v) is 13.7. The van der Waals surface area contributed by atoms with Gasteiger partial charge in [-0.1, -0.05) is 24.3 Å². The summed E-state index contributed by atoms with van der Waals surface area (Å²) in [4.78, 5) is 16.9. The second-order valence-corrected chi connectivity index (χ2v) is 11.0. The number of nitrogens with zero attached hydrogens (tertiary/aromatic N) is 2. The fourth-order valence-corrected chi connectivity index (χ4v) is 5.06. The van der Waals surface area contributed by atoms with Gasteiger partial charge in [0.15, 0.2) is 9.84 Å². The Kier molecular flexibility index (Phi) is 7.91. The SMILES string of the molecule is CS(=O)(=O)c1ccc(-c2ccc(F)cc2)c(C(=O)N2CCN(c3ccc(C(O)CCO)cc3F)CC2)c1. The first kappa shape index (κ1) is 26.7. The third-order valence-electron chi connectivity index (χ3n) is 6.47. The largest absolute Gasteiger partial charge is 0.396 e. The van der Waals surface area contributed by atoms with E-state index in [0.29, 0.717) is 35.5 Å². The number of aliphatic hydroxyl groups is 2. The molecular weight excluding hydrogens is 502 g/mol. The number of aliphatic hydroxyl groups excluding tert-OH is 2. The van der Waals surface area contributed by atoms with Crippen LogP contribution in [0.25, 0.3) is 11.1 Å². The van der Waals surface area contributed by atoms with Crippen molar-refractivity contribution in [1.29, 1.82) is 0 Å². The molecule has 0 radical (unpaired) electrons. The molecule has 1 atom stereocenters. The molecule has 1 heterocycles. The van der Waals surface area contributed by atoms with Crippen LogP contribution in [-0.4, -0.2) is 68.5 Å². The van der Waals surface area contributed by atoms with Gasteiger partial charge in [-0.05, 0) is 53.1 Å². The lowest BCUT2D eigenvalue weighted by atomic mass is 9.98. The first-order valence-electron chi connectivity index (χ1n) is 11.8. The van der Waals surface area contributed by atoms with Crippen molar-refractivity contribution >= 4 is 21.4 Å². The molecule has 1 aliphatic heterocycles. The smallest absolute Gasteiger partial charge is 0.254 e. The van der Waals surface area contributed by atoms with Crippen molar-refractivity contribution in [2.24, 2.45) is 0 Å². The molecule has 7 nitrogen and oxygen atoms in total. The minimum Gasteiger partial charge on any atom is -0.396 e. The summed E-state index contributed by atoms with van der Waals surface area (Å²) in [6.07, 6.45) is 0.219. The Balaban J connectivity index is 1.56. The van der Waals surface area contributed by atoms with Crippen molar-refractivity contribution in [2.75, 3.05) is 43.9 Å². The van der Waals surface area contributed by atoms with Crippen LogP contribution in [-0.2, 0) is 9.84 Å². The minimum absolute atomic E-state index is 0.00546. The van der Waals surface area contributed by atoms with Crippen LogP contribution in [0, 0.1) is 11.6 Å². The maximum atomic E-state index is 14.8. The van der Waals surface area contributed by atoms with Crippen molar-refractivity contribution < 1.29 is 32.2 Å². The Hall–Kier alpha value is -3.34. The van der Waals surface area contributed by atoms with Gasteiger partial charge in [-0.15, -0.1) is 0 Å². The Bertz CT molecular complexity index is 1390. The number of piperazine rings is 1. The lowest BCUT2D eigenvalue weighted by molar-refractivity contribution is 0.0747. The van der Waals surface area contributed by atoms with E-state index in [2.05, 4.69) is 0 Å². The minimum atomic E-state index is -3.57. The zero-order chi connectivity index (χ0) is 26.7. The van der Waals surface area contributed by atoms with Crippen LogP contribution >= 0.6 is 0 Å². The van der Waals surface area contributed by atoms with E-state index in [1.165, 1.54) is 42.5 Å². The first-order chi connectivity index (χ1) is 17.6. The van der Waals surface area contributed by atoms with Crippen LogP contribution in [0.4, 0.5) is 14.5 Å². The molecule has 4 rings (SSSR count). The van der Waals surface area contributed by atoms with Crippen LogP contribution in [0.3, 0.4) is 0 Å². The molecule has 196 valence electrons. The lowest BCUT2D eigenvalue weighted by Crippen LogP contribution is -2.49. The molecule has 0 aliphatic carbocycles. The standard InChI is InChI=1S/C27H28F2N2O5S/c1-37(35,36)21-7-8-22(18-2-5-20(28)6-3-18)23(17-21)27(34)31-13-11-30(12-14-31)25-9-4-19(16-24(25)29)26(33)10-15-32/h2-9,16-17,26,32-33H,10-15H2,1H3. The Morgan fingerprint density at radius 3 is 2.24 bits per heavy atom. The number of carbonyl (C=O) groups excluding carboxylic acids is 1. The summed E-state index contributed by atoms with van der Waals surface area (Å²) in [7, 11) is -3.57. The zero-order valence-electron chi connectivity index (χ0n) is 20.3. The summed E-state index contributed by atoms with van der Waals surface area (Å²) in [6.45, 7) is 1.03. The molecule has 0 saturated carbocycles. The molecule has 10 heteroatoms. The Morgan fingerprint density at radius 2 is 1.65 bits per heavy atom. The number of anilines is 1. The molecule has 1 fully saturated rings. The van der Waals surface area contributed by atoms with Crippen molar-refractivity contribution in [3.8, 4) is 11.1 Å². The molecular formula is C27H28F2N2O5S. The highest BCUT2D eigenvalue weighted by Crippen LogP contribution is 2.30. The topological polar surface area (TPSA) is 98.2 Å². The molecule has 1 amide bonds. The van der Waals surface area contributed by atoms with Gasteiger partial charge in [-0.25, -0.2) is 17.2 Å². The molecule has 0 bridgehead atoms. The Labute approximate surface area is 214 Å². The number of benzene rings is 3. The highest BCUT2D eigenvalue weighted by molar-refractivity contribution is 7.90. The van der Waals surface area contributed by atoms with E-state index in [4.69, 9.17) is 5.11 Å². The normalized spacial score (nSPS) is 15.1. The summed E-state index contributed by atoms with van der Waals surface area (Å²) in [6, 6.07) is 14.4. The van der Waals surface area contributed by atoms with Crippen LogP contribution in [0.2, 0.25) is 0 Å². The van der Waals surface area contributed by atoms with Crippen molar-refractivity contribution in [1.82, 2.24) is 4.90 Å². The molecule has 0 spiro atoms. The number of carbonyl (C=O) groups is 1. The zero-order valence-corrected chi connectivity index (χ0v) is 21.1. The van der Waals surface area contributed by atoms with Gasteiger partial charge < -0.3 is 20.0 Å². The number of hydrogen-bond acceptors (Lipinski definition) is 6. The predicted molar refractivity (Wildman–Crippen MR) is 136 cm³/mol. The summed E-state index contributed by atoms with van der Waals surface area (Å²) in [5, 5.41) is 19.0. The van der Waals surface area contributed by atoms with E-state index in [9.17, 15) is 27.1 Å². The second-order valence-electron chi connectivity index (χ2n) is 9.00. The van der Waals surface area contributed by atoms with Crippen molar-refractivity contribution in [2.45, 2.75) is 17.4 Å². The van der Waals surface area contributed by atoms with Gasteiger partial charge in [0.05, 0.1) is 16.7 Å². The maximum absolute atomic E-state index is 14.8. The lowest BCUT2D eigenvalue weighted by Gasteiger charge is -2.36. The van der Waals surface area contributed by atoms with Crippen LogP contribution in [0.15, 0.2) is 65.6 Å². The van der Waals surface area contributed by atoms with E-state index in [1.807, 2.05) is 0 Å². The average molecular weight is 531 g/mol. The van der Waals surface area contributed by atoms with E-state index in [0.717, 1.165) is 6.26 Å². The molecule has 1 saturated heterocycles. The number of amides is 1. The fraction of sp³-hybridized carbons (Fsp3) is 0.296. The van der Waals surface area contributed by atoms with E-state index >= 15 is 0 Å². The summed E-state index contributed by atoms with van der Waals surface area (Å²) < 4.78 is 52.6. The molecule has 1 unspecified atom stereocenters. The third kappa shape index (κ3) is 5.98. The van der Waals surface area contributed by atoms with Crippen LogP contribution < -0.4 is 4.90 Å². The van der Waals surface area contributed by atoms with Gasteiger partial charge in [0, 0.05) is 51.0 Å². The predicted octanol–water partition coefficient (Wildman–Crippen LogP) is 3.41. The van der Waals surface area contributed by atoms with Gasteiger partial charge in [0.1, 0.15) is 11.6 Å². The summed E-state index contributed by atoms with van der Waals surface area (Å²) in [5.74, 6) is -1.30. The second kappa shape index (κ2) is 11.0. The maximum Gasteiger partial charge on any atom is 0.254 e. The van der Waals surface area contributed by atoms with Gasteiger partial charge in [0.25, 0.3) is 5.91 Å². The molecule has 37 heavy (non-hydrogen) atoms.